The van der Waals surface area contributed by atoms with Crippen LogP contribution in [-0.2, 0) is 6.16 Å². The summed E-state index contributed by atoms with van der Waals surface area (Å²) in [5.74, 6) is 0.903. The average Bonchev–Trinajstić information content (AvgIpc) is 2.80. The van der Waals surface area contributed by atoms with Gasteiger partial charge in [0.15, 0.2) is 0 Å². The van der Waals surface area contributed by atoms with E-state index in [1.807, 2.05) is 6.07 Å². The van der Waals surface area contributed by atoms with Crippen LogP contribution in [0.3, 0.4) is 0 Å². The fourth-order valence-electron chi connectivity index (χ4n) is 4.40. The summed E-state index contributed by atoms with van der Waals surface area (Å²) in [6.45, 7) is 6.48. The van der Waals surface area contributed by atoms with Crippen LogP contribution in [0.1, 0.15) is 22.3 Å². The first-order valence-electron chi connectivity index (χ1n) is 10.9. The Morgan fingerprint density at radius 1 is 0.625 bits per heavy atom. The third kappa shape index (κ3) is 4.11. The Balaban J connectivity index is 2.08. The van der Waals surface area contributed by atoms with E-state index in [1.165, 1.54) is 38.2 Å². The first kappa shape index (κ1) is 23.0. The average molecular weight is 552 g/mol. The van der Waals surface area contributed by atoms with Gasteiger partial charge in [0.05, 0.1) is 0 Å². The van der Waals surface area contributed by atoms with Crippen LogP contribution in [0.2, 0.25) is 0 Å². The van der Waals surface area contributed by atoms with Crippen LogP contribution in [0.5, 0.6) is 5.75 Å². The van der Waals surface area contributed by atoms with Crippen molar-refractivity contribution in [3.8, 4) is 5.75 Å². The number of methoxy groups -OCH3 is 1. The van der Waals surface area contributed by atoms with Crippen LogP contribution in [0.15, 0.2) is 97.1 Å². The Morgan fingerprint density at radius 3 is 1.41 bits per heavy atom. The number of ether oxygens (including phenoxy) is 1. The second-order valence-electron chi connectivity index (χ2n) is 8.70. The minimum atomic E-state index is -2.88. The molecule has 0 amide bonds. The molecule has 4 aromatic rings. The molecular weight excluding hydrogens is 522 g/mol. The van der Waals surface area contributed by atoms with Gasteiger partial charge in [0, 0.05) is 0 Å². The van der Waals surface area contributed by atoms with E-state index < -0.39 is 4.25 Å². The van der Waals surface area contributed by atoms with E-state index in [4.69, 9.17) is 4.74 Å². The van der Waals surface area contributed by atoms with E-state index >= 15 is 0 Å². The summed E-state index contributed by atoms with van der Waals surface area (Å²) >= 11 is 2.86. The molecular formula is C29H30IOP. The van der Waals surface area contributed by atoms with Crippen molar-refractivity contribution in [1.29, 1.82) is 0 Å². The fourth-order valence-corrected chi connectivity index (χ4v) is 13.1. The van der Waals surface area contributed by atoms with E-state index in [9.17, 15) is 0 Å². The van der Waals surface area contributed by atoms with Gasteiger partial charge < -0.3 is 0 Å². The van der Waals surface area contributed by atoms with Crippen LogP contribution >= 0.6 is 26.3 Å². The maximum atomic E-state index is 5.58. The van der Waals surface area contributed by atoms with Crippen LogP contribution in [0, 0.1) is 20.8 Å². The summed E-state index contributed by atoms with van der Waals surface area (Å²) in [6.07, 6.45) is 0.929. The molecule has 0 aliphatic carbocycles. The summed E-state index contributed by atoms with van der Waals surface area (Å²) in [7, 11) is 1.74. The Morgan fingerprint density at radius 2 is 1.03 bits per heavy atom. The molecule has 4 rings (SSSR count). The summed E-state index contributed by atoms with van der Waals surface area (Å²) in [5, 5.41) is 4.20. The summed E-state index contributed by atoms with van der Waals surface area (Å²) in [4.78, 5) is 0. The molecule has 0 aliphatic rings. The standard InChI is InChI=1S/C29H30IOP/c1-22-8-14-27(15-9-22)32(30,28-16-10-23(2)11-17-28,29-18-12-24(3)13-19-29)21-25-6-5-7-26(20-25)31-4/h5-20H,21H2,1-4H3. The predicted octanol–water partition coefficient (Wildman–Crippen LogP) is 7.00. The molecule has 32 heavy (non-hydrogen) atoms. The zero-order valence-corrected chi connectivity index (χ0v) is 22.2. The first-order valence-corrected chi connectivity index (χ1v) is 16.1. The van der Waals surface area contributed by atoms with Crippen molar-refractivity contribution in [2.45, 2.75) is 26.9 Å². The third-order valence-corrected chi connectivity index (χ3v) is 17.5. The zero-order chi connectivity index (χ0) is 22.8. The van der Waals surface area contributed by atoms with Gasteiger partial charge in [-0.15, -0.1) is 0 Å². The maximum absolute atomic E-state index is 5.58. The number of hydrogen-bond acceptors (Lipinski definition) is 1. The monoisotopic (exact) mass is 552 g/mol. The molecule has 164 valence electrons. The second kappa shape index (κ2) is 9.00. The van der Waals surface area contributed by atoms with E-state index in [0.717, 1.165) is 11.9 Å². The summed E-state index contributed by atoms with van der Waals surface area (Å²) < 4.78 is 2.70. The molecule has 3 heteroatoms. The van der Waals surface area contributed by atoms with Crippen molar-refractivity contribution < 1.29 is 4.74 Å². The van der Waals surface area contributed by atoms with Crippen LogP contribution in [0.25, 0.3) is 0 Å². The first-order chi connectivity index (χ1) is 15.3. The third-order valence-electron chi connectivity index (χ3n) is 6.33. The Hall–Kier alpha value is -2.16. The zero-order valence-electron chi connectivity index (χ0n) is 19.2. The van der Waals surface area contributed by atoms with Crippen molar-refractivity contribution >= 4 is 42.2 Å². The molecule has 4 aromatic carbocycles. The number of halogens is 1. The van der Waals surface area contributed by atoms with Crippen molar-refractivity contribution in [2.24, 2.45) is 0 Å². The van der Waals surface area contributed by atoms with Crippen molar-refractivity contribution in [2.75, 3.05) is 7.11 Å². The molecule has 0 radical (unpaired) electrons. The molecule has 0 aromatic heterocycles. The van der Waals surface area contributed by atoms with E-state index in [0.29, 0.717) is 0 Å². The molecule has 0 heterocycles. The molecule has 0 atom stereocenters. The Bertz CT molecular complexity index is 1100. The van der Waals surface area contributed by atoms with Crippen molar-refractivity contribution in [3.05, 3.63) is 119 Å². The SMILES string of the molecule is COc1cccc(CP(I)(c2ccc(C)cc2)(c2ccc(C)cc2)c2ccc(C)cc2)c1. The predicted molar refractivity (Wildman–Crippen MR) is 150 cm³/mol. The van der Waals surface area contributed by atoms with Gasteiger partial charge in [-0.2, -0.15) is 0 Å². The van der Waals surface area contributed by atoms with E-state index in [1.54, 1.807) is 7.11 Å². The van der Waals surface area contributed by atoms with Gasteiger partial charge in [-0.25, -0.2) is 0 Å². The van der Waals surface area contributed by atoms with Gasteiger partial charge >= 0.3 is 206 Å². The minimum absolute atomic E-state index is 0.903. The number of benzene rings is 4. The topological polar surface area (TPSA) is 9.23 Å². The summed E-state index contributed by atoms with van der Waals surface area (Å²) in [5.41, 5.74) is 5.14. The molecule has 0 saturated heterocycles. The van der Waals surface area contributed by atoms with Gasteiger partial charge in [0.1, 0.15) is 0 Å². The quantitative estimate of drug-likeness (QED) is 0.185. The van der Waals surface area contributed by atoms with Gasteiger partial charge in [-0.1, -0.05) is 0 Å². The molecule has 0 aliphatic heterocycles. The van der Waals surface area contributed by atoms with Crippen LogP contribution < -0.4 is 20.7 Å². The van der Waals surface area contributed by atoms with E-state index in [-0.39, 0.29) is 0 Å². The van der Waals surface area contributed by atoms with Crippen LogP contribution in [0.4, 0.5) is 0 Å². The molecule has 0 fully saturated rings. The second-order valence-corrected chi connectivity index (χ2v) is 19.3. The van der Waals surface area contributed by atoms with Gasteiger partial charge in [0.2, 0.25) is 0 Å². The summed E-state index contributed by atoms with van der Waals surface area (Å²) in [6, 6.07) is 36.2. The van der Waals surface area contributed by atoms with Gasteiger partial charge in [-0.3, -0.25) is 0 Å². The van der Waals surface area contributed by atoms with Gasteiger partial charge in [-0.05, 0) is 0 Å². The molecule has 0 unspecified atom stereocenters. The fraction of sp³-hybridized carbons (Fsp3) is 0.172. The molecule has 0 saturated carbocycles. The molecule has 0 spiro atoms. The molecule has 0 N–H and O–H groups in total. The van der Waals surface area contributed by atoms with Crippen LogP contribution in [-0.4, -0.2) is 7.11 Å². The number of aryl methyl sites for hydroxylation is 3. The number of hydrogen-bond donors (Lipinski definition) is 0. The molecule has 1 nitrogen and oxygen atoms in total. The Labute approximate surface area is 205 Å². The van der Waals surface area contributed by atoms with Crippen molar-refractivity contribution in [3.63, 3.8) is 0 Å². The van der Waals surface area contributed by atoms with E-state index in [2.05, 4.69) is 134 Å². The van der Waals surface area contributed by atoms with Crippen molar-refractivity contribution in [1.82, 2.24) is 0 Å². The normalized spacial score (nSPS) is 12.7. The number of rotatable bonds is 6. The Kier molecular flexibility index (Phi) is 6.47. The molecule has 0 bridgehead atoms. The van der Waals surface area contributed by atoms with Gasteiger partial charge in [0.25, 0.3) is 0 Å².